The van der Waals surface area contributed by atoms with Gasteiger partial charge in [0.2, 0.25) is 0 Å². The summed E-state index contributed by atoms with van der Waals surface area (Å²) in [6, 6.07) is 5.98. The number of halogens is 1. The first-order valence-electron chi connectivity index (χ1n) is 8.57. The summed E-state index contributed by atoms with van der Waals surface area (Å²) in [6.07, 6.45) is 7.32. The SMILES string of the molecule is O=C(NCCn1ccnc1)N1CCCC(COc2ccc(F)cc2)C1. The van der Waals surface area contributed by atoms with Crippen LogP contribution in [-0.4, -0.2) is 46.7 Å². The van der Waals surface area contributed by atoms with Crippen LogP contribution in [0.25, 0.3) is 0 Å². The second-order valence-electron chi connectivity index (χ2n) is 6.25. The van der Waals surface area contributed by atoms with Crippen LogP contribution in [0, 0.1) is 11.7 Å². The second-order valence-corrected chi connectivity index (χ2v) is 6.25. The molecule has 1 atom stereocenters. The van der Waals surface area contributed by atoms with Crippen LogP contribution < -0.4 is 10.1 Å². The zero-order chi connectivity index (χ0) is 17.5. The quantitative estimate of drug-likeness (QED) is 0.874. The number of piperidine rings is 1. The molecule has 2 amide bonds. The van der Waals surface area contributed by atoms with Gasteiger partial charge in [-0.3, -0.25) is 0 Å². The standard InChI is InChI=1S/C18H23FN4O2/c19-16-3-5-17(6-4-16)25-13-15-2-1-9-23(12-15)18(24)21-8-11-22-10-7-20-14-22/h3-7,10,14-15H,1-2,8-9,11-13H2,(H,21,24). The lowest BCUT2D eigenvalue weighted by Gasteiger charge is -2.32. The molecule has 1 aromatic carbocycles. The maximum absolute atomic E-state index is 12.9. The van der Waals surface area contributed by atoms with E-state index in [0.29, 0.717) is 37.9 Å². The van der Waals surface area contributed by atoms with E-state index in [9.17, 15) is 9.18 Å². The van der Waals surface area contributed by atoms with E-state index in [1.165, 1.54) is 12.1 Å². The third-order valence-corrected chi connectivity index (χ3v) is 4.31. The number of hydrogen-bond donors (Lipinski definition) is 1. The second kappa shape index (κ2) is 8.50. The Morgan fingerprint density at radius 1 is 1.36 bits per heavy atom. The largest absolute Gasteiger partial charge is 0.493 e. The molecule has 1 saturated heterocycles. The van der Waals surface area contributed by atoms with Gasteiger partial charge in [0.25, 0.3) is 0 Å². The van der Waals surface area contributed by atoms with E-state index >= 15 is 0 Å². The van der Waals surface area contributed by atoms with E-state index in [-0.39, 0.29) is 11.8 Å². The average molecular weight is 346 g/mol. The van der Waals surface area contributed by atoms with Crippen LogP contribution in [0.5, 0.6) is 5.75 Å². The summed E-state index contributed by atoms with van der Waals surface area (Å²) in [7, 11) is 0. The molecule has 0 aliphatic carbocycles. The third kappa shape index (κ3) is 5.20. The van der Waals surface area contributed by atoms with Crippen molar-refractivity contribution < 1.29 is 13.9 Å². The molecule has 6 nitrogen and oxygen atoms in total. The monoisotopic (exact) mass is 346 g/mol. The predicted octanol–water partition coefficient (Wildman–Crippen LogP) is 2.52. The number of amides is 2. The van der Waals surface area contributed by atoms with E-state index in [4.69, 9.17) is 4.74 Å². The van der Waals surface area contributed by atoms with Crippen LogP contribution in [0.3, 0.4) is 0 Å². The molecule has 1 aromatic heterocycles. The van der Waals surface area contributed by atoms with Crippen LogP contribution in [0.15, 0.2) is 43.0 Å². The van der Waals surface area contributed by atoms with Gasteiger partial charge in [0.15, 0.2) is 0 Å². The summed E-state index contributed by atoms with van der Waals surface area (Å²) in [5, 5.41) is 2.95. The first-order chi connectivity index (χ1) is 12.2. The number of nitrogens with one attached hydrogen (secondary N) is 1. The minimum absolute atomic E-state index is 0.0356. The molecule has 1 aliphatic rings. The van der Waals surface area contributed by atoms with Crippen LogP contribution in [0.4, 0.5) is 9.18 Å². The van der Waals surface area contributed by atoms with Crippen LogP contribution >= 0.6 is 0 Å². The predicted molar refractivity (Wildman–Crippen MR) is 91.8 cm³/mol. The lowest BCUT2D eigenvalue weighted by atomic mass is 9.99. The molecule has 0 saturated carbocycles. The molecule has 134 valence electrons. The van der Waals surface area contributed by atoms with Crippen LogP contribution in [0.1, 0.15) is 12.8 Å². The number of ether oxygens (including phenoxy) is 1. The smallest absolute Gasteiger partial charge is 0.317 e. The molecule has 1 aliphatic heterocycles. The Morgan fingerprint density at radius 2 is 2.20 bits per heavy atom. The van der Waals surface area contributed by atoms with Crippen molar-refractivity contribution in [3.05, 3.63) is 48.8 Å². The summed E-state index contributed by atoms with van der Waals surface area (Å²) in [6.45, 7) is 3.26. The first-order valence-corrected chi connectivity index (χ1v) is 8.57. The molecule has 1 unspecified atom stereocenters. The average Bonchev–Trinajstić information content (AvgIpc) is 3.15. The first kappa shape index (κ1) is 17.3. The molecule has 2 aromatic rings. The number of urea groups is 1. The van der Waals surface area contributed by atoms with Gasteiger partial charge in [0.05, 0.1) is 12.9 Å². The highest BCUT2D eigenvalue weighted by molar-refractivity contribution is 5.74. The van der Waals surface area contributed by atoms with Gasteiger partial charge in [-0.1, -0.05) is 0 Å². The van der Waals surface area contributed by atoms with Gasteiger partial charge in [-0.25, -0.2) is 14.2 Å². The van der Waals surface area contributed by atoms with Crippen LogP contribution in [0.2, 0.25) is 0 Å². The number of carbonyl (C=O) groups excluding carboxylic acids is 1. The number of likely N-dealkylation sites (tertiary alicyclic amines) is 1. The van der Waals surface area contributed by atoms with Gasteiger partial charge in [-0.05, 0) is 37.1 Å². The number of imidazole rings is 1. The molecule has 3 rings (SSSR count). The van der Waals surface area contributed by atoms with Crippen molar-refractivity contribution in [1.82, 2.24) is 19.8 Å². The van der Waals surface area contributed by atoms with E-state index in [2.05, 4.69) is 10.3 Å². The summed E-state index contributed by atoms with van der Waals surface area (Å²) in [5.74, 6) is 0.671. The molecule has 7 heteroatoms. The maximum atomic E-state index is 12.9. The minimum atomic E-state index is -0.274. The highest BCUT2D eigenvalue weighted by atomic mass is 19.1. The van der Waals surface area contributed by atoms with E-state index in [1.807, 2.05) is 15.7 Å². The Morgan fingerprint density at radius 3 is 2.96 bits per heavy atom. The summed E-state index contributed by atoms with van der Waals surface area (Å²) in [5.41, 5.74) is 0. The van der Waals surface area contributed by atoms with Crippen molar-refractivity contribution in [2.45, 2.75) is 19.4 Å². The zero-order valence-corrected chi connectivity index (χ0v) is 14.1. The molecule has 1 fully saturated rings. The highest BCUT2D eigenvalue weighted by Gasteiger charge is 2.23. The van der Waals surface area contributed by atoms with Gasteiger partial charge in [-0.15, -0.1) is 0 Å². The Bertz CT molecular complexity index is 660. The number of nitrogens with zero attached hydrogens (tertiary/aromatic N) is 3. The normalized spacial score (nSPS) is 17.3. The molecule has 0 spiro atoms. The Labute approximate surface area is 146 Å². The third-order valence-electron chi connectivity index (χ3n) is 4.31. The molecule has 0 radical (unpaired) electrons. The summed E-state index contributed by atoms with van der Waals surface area (Å²) < 4.78 is 20.6. The van der Waals surface area contributed by atoms with Crippen molar-refractivity contribution >= 4 is 6.03 Å². The van der Waals surface area contributed by atoms with Crippen molar-refractivity contribution in [2.75, 3.05) is 26.2 Å². The van der Waals surface area contributed by atoms with Gasteiger partial charge >= 0.3 is 6.03 Å². The van der Waals surface area contributed by atoms with Crippen molar-refractivity contribution in [1.29, 1.82) is 0 Å². The topological polar surface area (TPSA) is 59.4 Å². The maximum Gasteiger partial charge on any atom is 0.317 e. The van der Waals surface area contributed by atoms with Gasteiger partial charge < -0.3 is 19.5 Å². The number of hydrogen-bond acceptors (Lipinski definition) is 3. The molecular weight excluding hydrogens is 323 g/mol. The Hall–Kier alpha value is -2.57. The lowest BCUT2D eigenvalue weighted by molar-refractivity contribution is 0.137. The fraction of sp³-hybridized carbons (Fsp3) is 0.444. The van der Waals surface area contributed by atoms with Gasteiger partial charge in [0.1, 0.15) is 11.6 Å². The minimum Gasteiger partial charge on any atom is -0.493 e. The number of aromatic nitrogens is 2. The zero-order valence-electron chi connectivity index (χ0n) is 14.1. The highest BCUT2D eigenvalue weighted by Crippen LogP contribution is 2.19. The van der Waals surface area contributed by atoms with Gasteiger partial charge in [-0.2, -0.15) is 0 Å². The lowest BCUT2D eigenvalue weighted by Crippen LogP contribution is -2.47. The summed E-state index contributed by atoms with van der Waals surface area (Å²) >= 11 is 0. The number of benzene rings is 1. The number of rotatable bonds is 6. The van der Waals surface area contributed by atoms with E-state index in [1.54, 1.807) is 24.7 Å². The Kier molecular flexibility index (Phi) is 5.87. The van der Waals surface area contributed by atoms with Crippen LogP contribution in [-0.2, 0) is 6.54 Å². The molecular formula is C18H23FN4O2. The van der Waals surface area contributed by atoms with Crippen molar-refractivity contribution in [3.8, 4) is 5.75 Å². The molecule has 1 N–H and O–H groups in total. The fourth-order valence-electron chi connectivity index (χ4n) is 2.95. The van der Waals surface area contributed by atoms with E-state index in [0.717, 1.165) is 19.4 Å². The fourth-order valence-corrected chi connectivity index (χ4v) is 2.95. The number of carbonyl (C=O) groups is 1. The molecule has 2 heterocycles. The van der Waals surface area contributed by atoms with Gasteiger partial charge in [0, 0.05) is 44.5 Å². The molecule has 0 bridgehead atoms. The molecule has 25 heavy (non-hydrogen) atoms. The van der Waals surface area contributed by atoms with E-state index < -0.39 is 0 Å². The Balaban J connectivity index is 1.40. The van der Waals surface area contributed by atoms with Crippen molar-refractivity contribution in [2.24, 2.45) is 5.92 Å². The summed E-state index contributed by atoms with van der Waals surface area (Å²) in [4.78, 5) is 18.1. The van der Waals surface area contributed by atoms with Crippen molar-refractivity contribution in [3.63, 3.8) is 0 Å².